The molecule has 286 valence electrons. The Morgan fingerprint density at radius 2 is 1.04 bits per heavy atom. The van der Waals surface area contributed by atoms with Crippen molar-refractivity contribution in [3.8, 4) is 0 Å². The normalized spacial score (nSPS) is 13.2. The fraction of sp³-hybridized carbons (Fsp3) is 0.829. The van der Waals surface area contributed by atoms with Crippen molar-refractivity contribution in [1.82, 2.24) is 0 Å². The number of carboxylic acid groups (broad SMARTS) is 1. The van der Waals surface area contributed by atoms with Gasteiger partial charge >= 0.3 is 17.9 Å². The molecule has 0 amide bonds. The number of allylic oxidation sites excluding steroid dienone is 4. The molecule has 0 saturated heterocycles. The first-order valence-corrected chi connectivity index (χ1v) is 19.9. The first-order valence-electron chi connectivity index (χ1n) is 19.9. The summed E-state index contributed by atoms with van der Waals surface area (Å²) < 4.78 is 17.2. The first-order chi connectivity index (χ1) is 23.6. The number of carbonyl (C=O) groups is 3. The maximum Gasteiger partial charge on any atom is 0.362 e. The molecular weight excluding hydrogens is 618 g/mol. The quantitative estimate of drug-likeness (QED) is 0.0305. The Balaban J connectivity index is 4.40. The smallest absolute Gasteiger partial charge is 0.362 e. The third-order valence-corrected chi connectivity index (χ3v) is 8.82. The van der Waals surface area contributed by atoms with Gasteiger partial charge in [0.2, 0.25) is 0 Å². The van der Waals surface area contributed by atoms with Crippen LogP contribution >= 0.6 is 0 Å². The molecule has 1 N–H and O–H groups in total. The van der Waals surface area contributed by atoms with Gasteiger partial charge in [0.05, 0.1) is 34.4 Å². The second-order valence-electron chi connectivity index (χ2n) is 14.5. The summed E-state index contributed by atoms with van der Waals surface area (Å²) in [6, 6.07) is -0.613. The number of esters is 2. The van der Waals surface area contributed by atoms with Gasteiger partial charge in [0, 0.05) is 19.3 Å². The van der Waals surface area contributed by atoms with Crippen LogP contribution in [0.15, 0.2) is 24.3 Å². The van der Waals surface area contributed by atoms with Crippen LogP contribution in [0.2, 0.25) is 0 Å². The second kappa shape index (κ2) is 33.0. The zero-order chi connectivity index (χ0) is 36.4. The van der Waals surface area contributed by atoms with Crippen LogP contribution in [0.25, 0.3) is 0 Å². The topological polar surface area (TPSA) is 99.1 Å². The van der Waals surface area contributed by atoms with E-state index >= 15 is 0 Å². The molecule has 0 aromatic carbocycles. The Morgan fingerprint density at radius 3 is 1.53 bits per heavy atom. The Bertz CT molecular complexity index is 864. The largest absolute Gasteiger partial charge is 0.477 e. The maximum absolute atomic E-state index is 12.7. The number of hydrogen-bond acceptors (Lipinski definition) is 6. The van der Waals surface area contributed by atoms with Crippen LogP contribution in [0.1, 0.15) is 168 Å². The van der Waals surface area contributed by atoms with E-state index in [0.29, 0.717) is 19.3 Å². The van der Waals surface area contributed by atoms with Crippen LogP contribution in [0, 0.1) is 0 Å². The van der Waals surface area contributed by atoms with Crippen molar-refractivity contribution in [2.24, 2.45) is 0 Å². The lowest BCUT2D eigenvalue weighted by Gasteiger charge is -2.31. The van der Waals surface area contributed by atoms with Gasteiger partial charge in [0.1, 0.15) is 6.61 Å². The molecule has 0 rings (SSSR count). The third-order valence-electron chi connectivity index (χ3n) is 8.82. The Hall–Kier alpha value is -2.19. The lowest BCUT2D eigenvalue weighted by molar-refractivity contribution is -0.887. The van der Waals surface area contributed by atoms with E-state index in [9.17, 15) is 19.5 Å². The van der Waals surface area contributed by atoms with Crippen LogP contribution in [0.3, 0.4) is 0 Å². The highest BCUT2D eigenvalue weighted by molar-refractivity contribution is 5.72. The number of unbranched alkanes of at least 4 members (excludes halogenated alkanes) is 17. The van der Waals surface area contributed by atoms with Gasteiger partial charge in [0.25, 0.3) is 0 Å². The van der Waals surface area contributed by atoms with Gasteiger partial charge in [-0.2, -0.15) is 0 Å². The standard InChI is InChI=1S/C41H75NO7/c1-6-8-10-12-14-16-18-19-20-21-22-24-26-28-30-32-40(44)49-37(35-47-34-33-38(41(45)46)42(3,4)5)36-48-39(43)31-29-27-25-23-17-15-13-11-9-7-2/h13,15-16,18,37-38H,6-12,14,17,19-36H2,1-5H3/p+1/b15-13+,18-16+. The average molecular weight is 695 g/mol. The molecule has 0 aromatic rings. The summed E-state index contributed by atoms with van der Waals surface area (Å²) in [4.78, 5) is 36.8. The van der Waals surface area contributed by atoms with E-state index in [1.807, 2.05) is 21.1 Å². The number of rotatable bonds is 35. The lowest BCUT2D eigenvalue weighted by Crippen LogP contribution is -2.50. The highest BCUT2D eigenvalue weighted by atomic mass is 16.6. The first kappa shape index (κ1) is 46.8. The minimum absolute atomic E-state index is 0.0567. The predicted octanol–water partition coefficient (Wildman–Crippen LogP) is 10.1. The maximum atomic E-state index is 12.7. The molecule has 49 heavy (non-hydrogen) atoms. The SMILES string of the molecule is CCCC/C=C/CCCCCCC(=O)OCC(COCCC(C(=O)O)[N+](C)(C)C)OC(=O)CCCCCCCCC/C=C/CCCCCC. The van der Waals surface area contributed by atoms with E-state index in [0.717, 1.165) is 57.8 Å². The van der Waals surface area contributed by atoms with Crippen LogP contribution in [0.5, 0.6) is 0 Å². The fourth-order valence-electron chi connectivity index (χ4n) is 5.65. The fourth-order valence-corrected chi connectivity index (χ4v) is 5.65. The van der Waals surface area contributed by atoms with Crippen LogP contribution in [-0.4, -0.2) is 80.6 Å². The average Bonchev–Trinajstić information content (AvgIpc) is 3.05. The van der Waals surface area contributed by atoms with E-state index in [2.05, 4.69) is 38.2 Å². The summed E-state index contributed by atoms with van der Waals surface area (Å²) >= 11 is 0. The summed E-state index contributed by atoms with van der Waals surface area (Å²) in [6.45, 7) is 4.65. The number of likely N-dealkylation sites (N-methyl/N-ethyl adjacent to an activating group) is 1. The Morgan fingerprint density at radius 1 is 0.592 bits per heavy atom. The molecule has 0 aliphatic rings. The summed E-state index contributed by atoms with van der Waals surface area (Å²) in [7, 11) is 5.51. The molecule has 0 aliphatic heterocycles. The van der Waals surface area contributed by atoms with E-state index < -0.39 is 18.1 Å². The molecule has 0 aliphatic carbocycles. The van der Waals surface area contributed by atoms with Crippen LogP contribution < -0.4 is 0 Å². The molecule has 0 bridgehead atoms. The molecule has 2 unspecified atom stereocenters. The van der Waals surface area contributed by atoms with E-state index in [1.165, 1.54) is 77.0 Å². The predicted molar refractivity (Wildman–Crippen MR) is 202 cm³/mol. The number of carbonyl (C=O) groups excluding carboxylic acids is 2. The highest BCUT2D eigenvalue weighted by Crippen LogP contribution is 2.13. The van der Waals surface area contributed by atoms with Gasteiger partial charge in [0.15, 0.2) is 12.1 Å². The number of nitrogens with zero attached hydrogens (tertiary/aromatic N) is 1. The monoisotopic (exact) mass is 695 g/mol. The lowest BCUT2D eigenvalue weighted by atomic mass is 10.1. The summed E-state index contributed by atoms with van der Waals surface area (Å²) in [5.41, 5.74) is 0. The zero-order valence-electron chi connectivity index (χ0n) is 32.4. The molecule has 0 saturated carbocycles. The van der Waals surface area contributed by atoms with Crippen molar-refractivity contribution in [2.75, 3.05) is 41.0 Å². The van der Waals surface area contributed by atoms with Gasteiger partial charge in [-0.1, -0.05) is 115 Å². The van der Waals surface area contributed by atoms with Gasteiger partial charge in [-0.15, -0.1) is 0 Å². The van der Waals surface area contributed by atoms with Gasteiger partial charge < -0.3 is 23.8 Å². The summed E-state index contributed by atoms with van der Waals surface area (Å²) in [5, 5.41) is 9.58. The van der Waals surface area contributed by atoms with Crippen molar-refractivity contribution in [3.05, 3.63) is 24.3 Å². The highest BCUT2D eigenvalue weighted by Gasteiger charge is 2.31. The molecule has 2 atom stereocenters. The van der Waals surface area contributed by atoms with E-state index in [-0.39, 0.29) is 36.2 Å². The number of hydrogen-bond donors (Lipinski definition) is 1. The van der Waals surface area contributed by atoms with Gasteiger partial charge in [-0.05, 0) is 57.8 Å². The van der Waals surface area contributed by atoms with Gasteiger partial charge in [-0.3, -0.25) is 9.59 Å². The van der Waals surface area contributed by atoms with E-state index in [1.54, 1.807) is 0 Å². The molecular formula is C41H76NO7+. The van der Waals surface area contributed by atoms with Crippen molar-refractivity contribution >= 4 is 17.9 Å². The Labute approximate surface area is 301 Å². The number of ether oxygens (including phenoxy) is 3. The summed E-state index contributed by atoms with van der Waals surface area (Å²) in [5.74, 6) is -1.49. The van der Waals surface area contributed by atoms with Gasteiger partial charge in [-0.25, -0.2) is 4.79 Å². The Kier molecular flexibility index (Phi) is 31.5. The van der Waals surface area contributed by atoms with Crippen LogP contribution in [-0.2, 0) is 28.6 Å². The second-order valence-corrected chi connectivity index (χ2v) is 14.5. The zero-order valence-corrected chi connectivity index (χ0v) is 32.4. The number of carboxylic acids is 1. The van der Waals surface area contributed by atoms with Crippen molar-refractivity contribution in [1.29, 1.82) is 0 Å². The molecule has 0 spiro atoms. The molecule has 8 heteroatoms. The van der Waals surface area contributed by atoms with Crippen LogP contribution in [0.4, 0.5) is 0 Å². The molecule has 0 aromatic heterocycles. The molecule has 8 nitrogen and oxygen atoms in total. The molecule has 0 heterocycles. The number of quaternary nitrogens is 1. The minimum atomic E-state index is -0.878. The summed E-state index contributed by atoms with van der Waals surface area (Å²) in [6.07, 6.45) is 33.6. The third kappa shape index (κ3) is 31.5. The molecule has 0 fully saturated rings. The van der Waals surface area contributed by atoms with Crippen molar-refractivity contribution < 1.29 is 38.2 Å². The minimum Gasteiger partial charge on any atom is -0.477 e. The van der Waals surface area contributed by atoms with Crippen molar-refractivity contribution in [2.45, 2.75) is 180 Å². The van der Waals surface area contributed by atoms with Crippen molar-refractivity contribution in [3.63, 3.8) is 0 Å². The van der Waals surface area contributed by atoms with E-state index in [4.69, 9.17) is 14.2 Å². The number of aliphatic carboxylic acids is 1. The molecule has 0 radical (unpaired) electrons.